The lowest BCUT2D eigenvalue weighted by atomic mass is 10.1. The van der Waals surface area contributed by atoms with Crippen LogP contribution in [0.5, 0.6) is 0 Å². The van der Waals surface area contributed by atoms with E-state index in [1.54, 1.807) is 7.11 Å². The Balaban J connectivity index is 2.07. The molecule has 0 bridgehead atoms. The van der Waals surface area contributed by atoms with Crippen molar-refractivity contribution in [3.63, 3.8) is 0 Å². The molecule has 0 saturated heterocycles. The molecule has 2 rings (SSSR count). The summed E-state index contributed by atoms with van der Waals surface area (Å²) >= 11 is 0. The molecule has 0 aliphatic rings. The van der Waals surface area contributed by atoms with Crippen LogP contribution in [0.15, 0.2) is 35.9 Å². The molecule has 1 amide bonds. The number of esters is 1. The first-order chi connectivity index (χ1) is 14.3. The van der Waals surface area contributed by atoms with Gasteiger partial charge in [-0.25, -0.2) is 9.18 Å². The lowest BCUT2D eigenvalue weighted by Gasteiger charge is -2.17. The molecule has 7 nitrogen and oxygen atoms in total. The van der Waals surface area contributed by atoms with Crippen molar-refractivity contribution < 1.29 is 23.5 Å². The number of benzene rings is 1. The number of anilines is 1. The number of hydrogen-bond acceptors (Lipinski definition) is 5. The molecule has 0 unspecified atom stereocenters. The molecule has 2 aromatic rings. The van der Waals surface area contributed by atoms with Crippen LogP contribution in [0.4, 0.5) is 10.1 Å². The fourth-order valence-corrected chi connectivity index (χ4v) is 3.21. The Kier molecular flexibility index (Phi) is 7.90. The number of amides is 1. The molecule has 1 aromatic carbocycles. The molecule has 158 valence electrons. The van der Waals surface area contributed by atoms with Gasteiger partial charge in [0.2, 0.25) is 0 Å². The Morgan fingerprint density at radius 3 is 2.70 bits per heavy atom. The van der Waals surface area contributed by atoms with Crippen molar-refractivity contribution in [2.24, 2.45) is 0 Å². The van der Waals surface area contributed by atoms with E-state index in [0.29, 0.717) is 12.2 Å². The summed E-state index contributed by atoms with van der Waals surface area (Å²) in [6.07, 6.45) is 1.44. The molecule has 1 aromatic heterocycles. The first kappa shape index (κ1) is 22.8. The van der Waals surface area contributed by atoms with Gasteiger partial charge < -0.3 is 19.4 Å². The van der Waals surface area contributed by atoms with Crippen LogP contribution < -0.4 is 5.32 Å². The molecule has 1 N–H and O–H groups in total. The fraction of sp³-hybridized carbons (Fsp3) is 0.318. The van der Waals surface area contributed by atoms with Crippen LogP contribution in [0, 0.1) is 31.0 Å². The van der Waals surface area contributed by atoms with Gasteiger partial charge >= 0.3 is 5.97 Å². The maximum atomic E-state index is 13.2. The number of nitriles is 1. The van der Waals surface area contributed by atoms with E-state index in [2.05, 4.69) is 9.88 Å². The number of nitrogens with zero attached hydrogens (tertiary/aromatic N) is 2. The van der Waals surface area contributed by atoms with Crippen molar-refractivity contribution >= 4 is 23.6 Å². The predicted molar refractivity (Wildman–Crippen MR) is 110 cm³/mol. The van der Waals surface area contributed by atoms with Gasteiger partial charge in [-0.05, 0) is 56.7 Å². The molecule has 30 heavy (non-hydrogen) atoms. The van der Waals surface area contributed by atoms with Gasteiger partial charge in [0.1, 0.15) is 17.5 Å². The number of methoxy groups -OCH3 is 1. The first-order valence-electron chi connectivity index (χ1n) is 9.28. The highest BCUT2D eigenvalue weighted by Gasteiger charge is 2.17. The Morgan fingerprint density at radius 2 is 2.07 bits per heavy atom. The van der Waals surface area contributed by atoms with Gasteiger partial charge in [0.05, 0.1) is 12.6 Å². The molecule has 8 heteroatoms. The van der Waals surface area contributed by atoms with Gasteiger partial charge in [-0.1, -0.05) is 6.07 Å². The van der Waals surface area contributed by atoms with Crippen LogP contribution in [0.25, 0.3) is 6.08 Å². The summed E-state index contributed by atoms with van der Waals surface area (Å²) in [6.45, 7) is 5.74. The van der Waals surface area contributed by atoms with E-state index in [1.807, 2.05) is 32.9 Å². The second-order valence-electron chi connectivity index (χ2n) is 6.81. The van der Waals surface area contributed by atoms with E-state index in [4.69, 9.17) is 9.47 Å². The van der Waals surface area contributed by atoms with E-state index >= 15 is 0 Å². The Labute approximate surface area is 174 Å². The van der Waals surface area contributed by atoms with Crippen LogP contribution in [0.3, 0.4) is 0 Å². The van der Waals surface area contributed by atoms with Crippen molar-refractivity contribution in [1.82, 2.24) is 4.57 Å². The average molecular weight is 413 g/mol. The van der Waals surface area contributed by atoms with Crippen molar-refractivity contribution in [2.45, 2.75) is 26.8 Å². The van der Waals surface area contributed by atoms with E-state index in [-0.39, 0.29) is 17.3 Å². The number of hydrogen-bond donors (Lipinski definition) is 1. The van der Waals surface area contributed by atoms with E-state index < -0.39 is 24.3 Å². The maximum absolute atomic E-state index is 13.2. The monoisotopic (exact) mass is 413 g/mol. The van der Waals surface area contributed by atoms with Gasteiger partial charge in [0.25, 0.3) is 5.91 Å². The topological polar surface area (TPSA) is 93.3 Å². The van der Waals surface area contributed by atoms with E-state index in [0.717, 1.165) is 17.5 Å². The lowest BCUT2D eigenvalue weighted by Crippen LogP contribution is -2.21. The summed E-state index contributed by atoms with van der Waals surface area (Å²) in [5.74, 6) is -2.06. The maximum Gasteiger partial charge on any atom is 0.349 e. The number of ether oxygens (including phenoxy) is 2. The van der Waals surface area contributed by atoms with Gasteiger partial charge in [0.15, 0.2) is 6.61 Å². The highest BCUT2D eigenvalue weighted by Crippen LogP contribution is 2.23. The highest BCUT2D eigenvalue weighted by atomic mass is 19.1. The zero-order valence-electron chi connectivity index (χ0n) is 17.4. The number of rotatable bonds is 8. The molecule has 0 aliphatic heterocycles. The average Bonchev–Trinajstić information content (AvgIpc) is 2.97. The molecule has 1 heterocycles. The van der Waals surface area contributed by atoms with Crippen LogP contribution in [-0.2, 0) is 19.1 Å². The molecule has 0 radical (unpaired) electrons. The van der Waals surface area contributed by atoms with Crippen molar-refractivity contribution in [1.29, 1.82) is 5.26 Å². The number of aryl methyl sites for hydroxylation is 1. The number of aromatic nitrogens is 1. The Morgan fingerprint density at radius 1 is 1.33 bits per heavy atom. The minimum absolute atomic E-state index is 0.0844. The van der Waals surface area contributed by atoms with E-state index in [1.165, 1.54) is 24.3 Å². The summed E-state index contributed by atoms with van der Waals surface area (Å²) in [5.41, 5.74) is 2.55. The molecule has 1 atom stereocenters. The summed E-state index contributed by atoms with van der Waals surface area (Å²) in [7, 11) is 1.62. The van der Waals surface area contributed by atoms with Crippen molar-refractivity contribution in [3.05, 3.63) is 58.7 Å². The van der Waals surface area contributed by atoms with Gasteiger partial charge in [-0.3, -0.25) is 4.79 Å². The van der Waals surface area contributed by atoms with Crippen molar-refractivity contribution in [3.8, 4) is 6.07 Å². The quantitative estimate of drug-likeness (QED) is 0.406. The molecule has 0 fully saturated rings. The SMILES string of the molecule is COC[C@H](C)n1c(C)cc(/C=C(\C#N)C(=O)OCC(=O)Nc2cccc(F)c2)c1C. The number of nitrogens with one attached hydrogen (secondary N) is 1. The Hall–Kier alpha value is -3.44. The van der Waals surface area contributed by atoms with Crippen molar-refractivity contribution in [2.75, 3.05) is 25.6 Å². The second kappa shape index (κ2) is 10.4. The normalized spacial score (nSPS) is 12.2. The summed E-state index contributed by atoms with van der Waals surface area (Å²) in [4.78, 5) is 24.2. The minimum Gasteiger partial charge on any atom is -0.451 e. The van der Waals surface area contributed by atoms with Gasteiger partial charge in [0, 0.05) is 24.2 Å². The molecular formula is C22H24FN3O4. The summed E-state index contributed by atoms with van der Waals surface area (Å²) in [5, 5.41) is 11.8. The van der Waals surface area contributed by atoms with Crippen LogP contribution >= 0.6 is 0 Å². The first-order valence-corrected chi connectivity index (χ1v) is 9.28. The fourth-order valence-electron chi connectivity index (χ4n) is 3.21. The van der Waals surface area contributed by atoms with Crippen LogP contribution in [0.1, 0.15) is 29.9 Å². The second-order valence-corrected chi connectivity index (χ2v) is 6.81. The number of carbonyl (C=O) groups excluding carboxylic acids is 2. The highest BCUT2D eigenvalue weighted by molar-refractivity contribution is 6.00. The molecular weight excluding hydrogens is 389 g/mol. The minimum atomic E-state index is -0.915. The number of halogens is 1. The third-order valence-corrected chi connectivity index (χ3v) is 4.46. The predicted octanol–water partition coefficient (Wildman–Crippen LogP) is 3.54. The zero-order chi connectivity index (χ0) is 22.3. The third kappa shape index (κ3) is 5.78. The largest absolute Gasteiger partial charge is 0.451 e. The van der Waals surface area contributed by atoms with Crippen LogP contribution in [-0.4, -0.2) is 36.8 Å². The lowest BCUT2D eigenvalue weighted by molar-refractivity contribution is -0.142. The van der Waals surface area contributed by atoms with E-state index in [9.17, 15) is 19.2 Å². The van der Waals surface area contributed by atoms with Gasteiger partial charge in [-0.2, -0.15) is 5.26 Å². The number of carbonyl (C=O) groups is 2. The third-order valence-electron chi connectivity index (χ3n) is 4.46. The molecule has 0 spiro atoms. The summed E-state index contributed by atoms with van der Waals surface area (Å²) in [6, 6.07) is 9.09. The van der Waals surface area contributed by atoms with Gasteiger partial charge in [-0.15, -0.1) is 0 Å². The standard InChI is InChI=1S/C22H24FN3O4/c1-14-8-17(16(3)26(14)15(2)12-29-4)9-18(11-24)22(28)30-13-21(27)25-20-7-5-6-19(23)10-20/h5-10,15H,12-13H2,1-4H3,(H,25,27)/b18-9+/t15-/m0/s1. The zero-order valence-corrected chi connectivity index (χ0v) is 17.4. The Bertz CT molecular complexity index is 1000. The van der Waals surface area contributed by atoms with Crippen LogP contribution in [0.2, 0.25) is 0 Å². The smallest absolute Gasteiger partial charge is 0.349 e. The molecule has 0 aliphatic carbocycles. The molecule has 0 saturated carbocycles. The summed E-state index contributed by atoms with van der Waals surface area (Å²) < 4.78 is 25.3.